The van der Waals surface area contributed by atoms with E-state index in [-0.39, 0.29) is 11.6 Å². The summed E-state index contributed by atoms with van der Waals surface area (Å²) in [6, 6.07) is 0. The number of carbonyl (C=O) groups excluding carboxylic acids is 1. The number of hydrogen-bond acceptors (Lipinski definition) is 3. The third kappa shape index (κ3) is 3.70. The highest BCUT2D eigenvalue weighted by Crippen LogP contribution is 2.31. The van der Waals surface area contributed by atoms with Gasteiger partial charge in [0.05, 0.1) is 5.54 Å². The Morgan fingerprint density at radius 2 is 2.00 bits per heavy atom. The van der Waals surface area contributed by atoms with Crippen molar-refractivity contribution in [3.8, 4) is 0 Å². The zero-order chi connectivity index (χ0) is 11.5. The topological polar surface area (TPSA) is 50.4 Å². The molecule has 2 N–H and O–H groups in total. The van der Waals surface area contributed by atoms with Crippen LogP contribution in [0.25, 0.3) is 0 Å². The van der Waals surface area contributed by atoms with Crippen LogP contribution in [0.15, 0.2) is 0 Å². The minimum atomic E-state index is -0.422. The van der Waals surface area contributed by atoms with Gasteiger partial charge in [0.1, 0.15) is 5.60 Å². The van der Waals surface area contributed by atoms with Gasteiger partial charge < -0.3 is 15.4 Å². The fourth-order valence-corrected chi connectivity index (χ4v) is 1.81. The Morgan fingerprint density at radius 3 is 2.33 bits per heavy atom. The molecule has 0 radical (unpaired) electrons. The number of carbonyl (C=O) groups is 1. The van der Waals surface area contributed by atoms with Crippen LogP contribution in [0.3, 0.4) is 0 Å². The van der Waals surface area contributed by atoms with Gasteiger partial charge in [-0.2, -0.15) is 0 Å². The minimum absolute atomic E-state index is 0.0723. The predicted octanol–water partition coefficient (Wildman–Crippen LogP) is 1.65. The maximum atomic E-state index is 11.6. The van der Waals surface area contributed by atoms with E-state index in [1.165, 1.54) is 6.42 Å². The quantitative estimate of drug-likeness (QED) is 0.751. The molecule has 4 heteroatoms. The molecule has 0 aromatic heterocycles. The summed E-state index contributed by atoms with van der Waals surface area (Å²) < 4.78 is 5.24. The van der Waals surface area contributed by atoms with Crippen LogP contribution in [0.1, 0.15) is 40.0 Å². The van der Waals surface area contributed by atoms with Crippen molar-refractivity contribution in [1.82, 2.24) is 10.6 Å². The van der Waals surface area contributed by atoms with E-state index in [2.05, 4.69) is 10.6 Å². The molecular formula is C11H22N2O2. The van der Waals surface area contributed by atoms with Crippen molar-refractivity contribution in [3.05, 3.63) is 0 Å². The molecule has 1 aliphatic rings. The number of rotatable bonds is 3. The average molecular weight is 214 g/mol. The Bertz CT molecular complexity index is 229. The molecule has 4 nitrogen and oxygen atoms in total. The molecule has 15 heavy (non-hydrogen) atoms. The molecule has 88 valence electrons. The van der Waals surface area contributed by atoms with E-state index in [4.69, 9.17) is 4.74 Å². The molecule has 0 saturated heterocycles. The summed E-state index contributed by atoms with van der Waals surface area (Å²) in [7, 11) is 1.90. The third-order valence-corrected chi connectivity index (χ3v) is 2.59. The minimum Gasteiger partial charge on any atom is -0.444 e. The molecule has 0 heterocycles. The second-order valence-corrected chi connectivity index (χ2v) is 5.29. The molecule has 1 saturated carbocycles. The monoisotopic (exact) mass is 214 g/mol. The normalized spacial score (nSPS) is 19.2. The van der Waals surface area contributed by atoms with Crippen LogP contribution in [0.2, 0.25) is 0 Å². The molecule has 0 atom stereocenters. The lowest BCUT2D eigenvalue weighted by Crippen LogP contribution is -2.59. The summed E-state index contributed by atoms with van der Waals surface area (Å²) in [5.74, 6) is 0. The molecule has 1 aliphatic carbocycles. The van der Waals surface area contributed by atoms with Crippen LogP contribution < -0.4 is 10.6 Å². The molecule has 1 amide bonds. The lowest BCUT2D eigenvalue weighted by atomic mass is 9.77. The van der Waals surface area contributed by atoms with Gasteiger partial charge in [-0.3, -0.25) is 0 Å². The Labute approximate surface area is 91.8 Å². The molecular weight excluding hydrogens is 192 g/mol. The standard InChI is InChI=1S/C11H22N2O2/c1-10(2,3)15-9(14)13-11(8-12-4)6-5-7-11/h12H,5-8H2,1-4H3,(H,13,14). The highest BCUT2D eigenvalue weighted by Gasteiger charge is 2.38. The number of amides is 1. The van der Waals surface area contributed by atoms with Crippen molar-refractivity contribution >= 4 is 6.09 Å². The molecule has 1 rings (SSSR count). The molecule has 0 aromatic carbocycles. The summed E-state index contributed by atoms with van der Waals surface area (Å²) in [4.78, 5) is 11.6. The van der Waals surface area contributed by atoms with Crippen molar-refractivity contribution < 1.29 is 9.53 Å². The van der Waals surface area contributed by atoms with E-state index in [1.807, 2.05) is 27.8 Å². The van der Waals surface area contributed by atoms with Crippen molar-refractivity contribution in [1.29, 1.82) is 0 Å². The fourth-order valence-electron chi connectivity index (χ4n) is 1.81. The van der Waals surface area contributed by atoms with Crippen molar-refractivity contribution in [3.63, 3.8) is 0 Å². The predicted molar refractivity (Wildman–Crippen MR) is 59.9 cm³/mol. The fraction of sp³-hybridized carbons (Fsp3) is 0.909. The van der Waals surface area contributed by atoms with Crippen LogP contribution in [0.4, 0.5) is 4.79 Å². The zero-order valence-electron chi connectivity index (χ0n) is 10.1. The second-order valence-electron chi connectivity index (χ2n) is 5.29. The highest BCUT2D eigenvalue weighted by molar-refractivity contribution is 5.69. The first-order valence-electron chi connectivity index (χ1n) is 5.53. The lowest BCUT2D eigenvalue weighted by molar-refractivity contribution is 0.0385. The molecule has 0 spiro atoms. The maximum absolute atomic E-state index is 11.6. The van der Waals surface area contributed by atoms with E-state index in [0.29, 0.717) is 0 Å². The van der Waals surface area contributed by atoms with E-state index in [0.717, 1.165) is 19.4 Å². The van der Waals surface area contributed by atoms with E-state index in [1.54, 1.807) is 0 Å². The zero-order valence-corrected chi connectivity index (χ0v) is 10.1. The van der Waals surface area contributed by atoms with Gasteiger partial charge in [0.25, 0.3) is 0 Å². The molecule has 1 fully saturated rings. The largest absolute Gasteiger partial charge is 0.444 e. The van der Waals surface area contributed by atoms with Crippen LogP contribution in [0, 0.1) is 0 Å². The second kappa shape index (κ2) is 4.39. The van der Waals surface area contributed by atoms with Gasteiger partial charge in [0, 0.05) is 6.54 Å². The van der Waals surface area contributed by atoms with Crippen molar-refractivity contribution in [2.75, 3.05) is 13.6 Å². The maximum Gasteiger partial charge on any atom is 0.408 e. The first-order valence-corrected chi connectivity index (χ1v) is 5.53. The summed E-state index contributed by atoms with van der Waals surface area (Å²) in [6.07, 6.45) is 2.94. The summed E-state index contributed by atoms with van der Waals surface area (Å²) in [6.45, 7) is 6.43. The molecule has 0 aliphatic heterocycles. The van der Waals surface area contributed by atoms with Crippen molar-refractivity contribution in [2.45, 2.75) is 51.2 Å². The number of ether oxygens (including phenoxy) is 1. The number of alkyl carbamates (subject to hydrolysis) is 1. The molecule has 0 bridgehead atoms. The number of likely N-dealkylation sites (N-methyl/N-ethyl adjacent to an activating group) is 1. The smallest absolute Gasteiger partial charge is 0.408 e. The van der Waals surface area contributed by atoms with Gasteiger partial charge in [-0.15, -0.1) is 0 Å². The molecule has 0 unspecified atom stereocenters. The summed E-state index contributed by atoms with van der Waals surface area (Å²) in [5.41, 5.74) is -0.494. The Balaban J connectivity index is 2.42. The first kappa shape index (κ1) is 12.3. The van der Waals surface area contributed by atoms with Crippen LogP contribution >= 0.6 is 0 Å². The molecule has 0 aromatic rings. The van der Waals surface area contributed by atoms with Crippen LogP contribution in [-0.4, -0.2) is 30.8 Å². The lowest BCUT2D eigenvalue weighted by Gasteiger charge is -2.42. The van der Waals surface area contributed by atoms with Gasteiger partial charge in [0.15, 0.2) is 0 Å². The van der Waals surface area contributed by atoms with Crippen LogP contribution in [0.5, 0.6) is 0 Å². The van der Waals surface area contributed by atoms with E-state index >= 15 is 0 Å². The average Bonchev–Trinajstić information content (AvgIpc) is 1.96. The summed E-state index contributed by atoms with van der Waals surface area (Å²) >= 11 is 0. The third-order valence-electron chi connectivity index (χ3n) is 2.59. The van der Waals surface area contributed by atoms with Gasteiger partial charge in [-0.05, 0) is 47.1 Å². The Kier molecular flexibility index (Phi) is 3.60. The van der Waals surface area contributed by atoms with Gasteiger partial charge >= 0.3 is 6.09 Å². The Hall–Kier alpha value is -0.770. The highest BCUT2D eigenvalue weighted by atomic mass is 16.6. The first-order chi connectivity index (χ1) is 6.87. The number of hydrogen-bond donors (Lipinski definition) is 2. The number of nitrogens with one attached hydrogen (secondary N) is 2. The van der Waals surface area contributed by atoms with E-state index < -0.39 is 5.60 Å². The van der Waals surface area contributed by atoms with Gasteiger partial charge in [-0.25, -0.2) is 4.79 Å². The summed E-state index contributed by atoms with van der Waals surface area (Å²) in [5, 5.41) is 6.07. The van der Waals surface area contributed by atoms with Gasteiger partial charge in [0.2, 0.25) is 0 Å². The Morgan fingerprint density at radius 1 is 1.40 bits per heavy atom. The van der Waals surface area contributed by atoms with E-state index in [9.17, 15) is 4.79 Å². The van der Waals surface area contributed by atoms with Gasteiger partial charge in [-0.1, -0.05) is 0 Å². The SMILES string of the molecule is CNCC1(NC(=O)OC(C)(C)C)CCC1. The van der Waals surface area contributed by atoms with Crippen LogP contribution in [-0.2, 0) is 4.74 Å². The van der Waals surface area contributed by atoms with Crippen molar-refractivity contribution in [2.24, 2.45) is 0 Å².